The van der Waals surface area contributed by atoms with Crippen LogP contribution < -0.4 is 4.72 Å². The van der Waals surface area contributed by atoms with E-state index in [1.54, 1.807) is 41.7 Å². The van der Waals surface area contributed by atoms with E-state index in [9.17, 15) is 4.39 Å². The molecule has 1 unspecified atom stereocenters. The molecule has 3 aromatic rings. The van der Waals surface area contributed by atoms with Crippen LogP contribution in [0.4, 0.5) is 4.39 Å². The minimum Gasteiger partial charge on any atom is -0.444 e. The molecule has 0 spiro atoms. The van der Waals surface area contributed by atoms with E-state index >= 15 is 0 Å². The summed E-state index contributed by atoms with van der Waals surface area (Å²) in [5, 5.41) is 3.41. The normalized spacial score (nSPS) is 16.7. The van der Waals surface area contributed by atoms with E-state index in [1.807, 2.05) is 32.3 Å². The average molecular weight is 536 g/mol. The van der Waals surface area contributed by atoms with Crippen molar-refractivity contribution < 1.29 is 8.81 Å². The van der Waals surface area contributed by atoms with Crippen molar-refractivity contribution in [3.63, 3.8) is 0 Å². The summed E-state index contributed by atoms with van der Waals surface area (Å²) in [5.41, 5.74) is 3.25. The summed E-state index contributed by atoms with van der Waals surface area (Å²) in [7, 11) is 0. The third-order valence-electron chi connectivity index (χ3n) is 5.00. The zero-order chi connectivity index (χ0) is 25.2. The van der Waals surface area contributed by atoms with Gasteiger partial charge in [0, 0.05) is 47.1 Å². The minimum absolute atomic E-state index is 0.294. The Bertz CT molecular complexity index is 1120. The predicted octanol–water partition coefficient (Wildman–Crippen LogP) is 6.84. The van der Waals surface area contributed by atoms with Gasteiger partial charge in [0.15, 0.2) is 10.8 Å². The molecule has 10 heteroatoms. The zero-order valence-corrected chi connectivity index (χ0v) is 22.8. The van der Waals surface area contributed by atoms with Crippen LogP contribution in [0.5, 0.6) is 0 Å². The number of aryl methyl sites for hydroxylation is 1. The van der Waals surface area contributed by atoms with Crippen molar-refractivity contribution in [3.05, 3.63) is 75.2 Å². The molecule has 0 radical (unpaired) electrons. The van der Waals surface area contributed by atoms with E-state index in [0.717, 1.165) is 40.8 Å². The molecule has 0 aliphatic carbocycles. The van der Waals surface area contributed by atoms with Crippen LogP contribution in [0.2, 0.25) is 5.02 Å². The number of hydrogen-bond acceptors (Lipinski definition) is 8. The fourth-order valence-corrected chi connectivity index (χ4v) is 5.13. The first-order valence-electron chi connectivity index (χ1n) is 11.7. The lowest BCUT2D eigenvalue weighted by Gasteiger charge is -2.26. The molecule has 1 aromatic carbocycles. The Morgan fingerprint density at radius 3 is 2.77 bits per heavy atom. The van der Waals surface area contributed by atoms with Gasteiger partial charge in [-0.25, -0.2) is 14.4 Å². The first-order valence-corrected chi connectivity index (χ1v) is 13.9. The van der Waals surface area contributed by atoms with Crippen molar-refractivity contribution in [1.29, 1.82) is 0 Å². The van der Waals surface area contributed by atoms with Crippen molar-refractivity contribution in [3.8, 4) is 0 Å². The molecule has 1 saturated heterocycles. The van der Waals surface area contributed by atoms with Gasteiger partial charge in [-0.1, -0.05) is 50.4 Å². The highest BCUT2D eigenvalue weighted by Gasteiger charge is 2.36. The smallest absolute Gasteiger partial charge is 0.225 e. The SMILES string of the molecule is CC.CCCSNC1CC2=C(c3nc(C)co3)CN=C(c3nccs3)N2C1.Fc1cccc(Cl)c1. The number of fused-ring (bicyclic) bond motifs is 1. The number of amidine groups is 1. The molecular formula is C25H31ClFN5OS2. The monoisotopic (exact) mass is 535 g/mol. The second kappa shape index (κ2) is 13.8. The molecule has 0 saturated carbocycles. The summed E-state index contributed by atoms with van der Waals surface area (Å²) in [4.78, 5) is 16.1. The Hall–Kier alpha value is -2.20. The van der Waals surface area contributed by atoms with E-state index in [-0.39, 0.29) is 5.82 Å². The molecule has 2 aliphatic heterocycles. The Kier molecular flexibility index (Phi) is 10.8. The molecule has 6 nitrogen and oxygen atoms in total. The summed E-state index contributed by atoms with van der Waals surface area (Å²) >= 11 is 8.84. The Balaban J connectivity index is 0.000000289. The van der Waals surface area contributed by atoms with E-state index in [1.165, 1.54) is 24.3 Å². The van der Waals surface area contributed by atoms with Gasteiger partial charge in [0.25, 0.3) is 0 Å². The van der Waals surface area contributed by atoms with Crippen molar-refractivity contribution in [2.24, 2.45) is 4.99 Å². The molecule has 5 rings (SSSR count). The van der Waals surface area contributed by atoms with Crippen LogP contribution in [0.15, 0.2) is 57.2 Å². The number of nitrogens with zero attached hydrogens (tertiary/aromatic N) is 4. The number of thiazole rings is 1. The molecule has 35 heavy (non-hydrogen) atoms. The quantitative estimate of drug-likeness (QED) is 0.275. The number of aromatic nitrogens is 2. The second-order valence-corrected chi connectivity index (χ2v) is 9.88. The topological polar surface area (TPSA) is 66.5 Å². The summed E-state index contributed by atoms with van der Waals surface area (Å²) < 4.78 is 21.4. The lowest BCUT2D eigenvalue weighted by Crippen LogP contribution is -2.35. The molecule has 0 amide bonds. The molecule has 0 bridgehead atoms. The predicted molar refractivity (Wildman–Crippen MR) is 145 cm³/mol. The second-order valence-electron chi connectivity index (χ2n) is 7.61. The lowest BCUT2D eigenvalue weighted by atomic mass is 10.1. The van der Waals surface area contributed by atoms with Crippen molar-refractivity contribution in [2.75, 3.05) is 18.8 Å². The van der Waals surface area contributed by atoms with Gasteiger partial charge in [-0.3, -0.25) is 9.71 Å². The number of benzene rings is 1. The van der Waals surface area contributed by atoms with Crippen LogP contribution in [0.1, 0.15) is 50.2 Å². The molecule has 188 valence electrons. The summed E-state index contributed by atoms with van der Waals surface area (Å²) in [6.45, 7) is 9.64. The highest BCUT2D eigenvalue weighted by atomic mass is 35.5. The third kappa shape index (κ3) is 7.39. The standard InChI is InChI=1S/C17H21N5OS2.C6H4ClF.C2H6/c1-3-5-25-21-12-7-14-13(16-20-11(2)10-23-16)8-19-15(22(14)9-12)17-18-4-6-24-17;7-5-2-1-3-6(8)4-5;1-2/h4,6,10,12,21H,3,5,7-9H2,1-2H3;1-4H;1-2H3. The van der Waals surface area contributed by atoms with Gasteiger partial charge in [0.05, 0.1) is 17.8 Å². The van der Waals surface area contributed by atoms with Crippen LogP contribution in [-0.4, -0.2) is 45.6 Å². The van der Waals surface area contributed by atoms with E-state index < -0.39 is 0 Å². The van der Waals surface area contributed by atoms with Crippen molar-refractivity contribution in [1.82, 2.24) is 19.6 Å². The molecule has 2 aromatic heterocycles. The van der Waals surface area contributed by atoms with Crippen molar-refractivity contribution in [2.45, 2.75) is 46.6 Å². The Morgan fingerprint density at radius 1 is 1.34 bits per heavy atom. The van der Waals surface area contributed by atoms with Crippen LogP contribution in [0.25, 0.3) is 5.57 Å². The maximum absolute atomic E-state index is 12.1. The van der Waals surface area contributed by atoms with Crippen LogP contribution in [0.3, 0.4) is 0 Å². The van der Waals surface area contributed by atoms with Gasteiger partial charge < -0.3 is 9.32 Å². The van der Waals surface area contributed by atoms with Gasteiger partial charge in [-0.05, 0) is 31.5 Å². The summed E-state index contributed by atoms with van der Waals surface area (Å²) in [6.07, 6.45) is 5.66. The number of rotatable bonds is 6. The van der Waals surface area contributed by atoms with E-state index in [2.05, 4.69) is 26.5 Å². The van der Waals surface area contributed by atoms with Crippen molar-refractivity contribution >= 4 is 46.3 Å². The van der Waals surface area contributed by atoms with Crippen LogP contribution in [0, 0.1) is 12.7 Å². The number of aliphatic imine (C=N–C) groups is 1. The van der Waals surface area contributed by atoms with E-state index in [4.69, 9.17) is 21.0 Å². The highest BCUT2D eigenvalue weighted by Crippen LogP contribution is 2.35. The third-order valence-corrected chi connectivity index (χ3v) is 7.12. The first kappa shape index (κ1) is 27.4. The molecule has 4 heterocycles. The molecule has 1 atom stereocenters. The molecule has 1 N–H and O–H groups in total. The maximum atomic E-state index is 12.1. The average Bonchev–Trinajstić information content (AvgIpc) is 3.61. The summed E-state index contributed by atoms with van der Waals surface area (Å²) in [5.74, 6) is 2.50. The molecule has 1 fully saturated rings. The number of hydrogen-bond donors (Lipinski definition) is 1. The molecule has 2 aliphatic rings. The van der Waals surface area contributed by atoms with Gasteiger partial charge in [-0.15, -0.1) is 11.3 Å². The van der Waals surface area contributed by atoms with Gasteiger partial charge in [0.2, 0.25) is 5.89 Å². The number of oxazole rings is 1. The summed E-state index contributed by atoms with van der Waals surface area (Å²) in [6, 6.07) is 6.20. The number of halogens is 2. The lowest BCUT2D eigenvalue weighted by molar-refractivity contribution is 0.522. The number of nitrogens with one attached hydrogen (secondary N) is 1. The van der Waals surface area contributed by atoms with E-state index in [0.29, 0.717) is 23.5 Å². The van der Waals surface area contributed by atoms with Gasteiger partial charge in [-0.2, -0.15) is 0 Å². The highest BCUT2D eigenvalue weighted by molar-refractivity contribution is 7.97. The Labute approximate surface area is 219 Å². The van der Waals surface area contributed by atoms with Crippen LogP contribution >= 0.6 is 34.9 Å². The maximum Gasteiger partial charge on any atom is 0.225 e. The van der Waals surface area contributed by atoms with Gasteiger partial charge >= 0.3 is 0 Å². The Morgan fingerprint density at radius 2 is 2.17 bits per heavy atom. The first-order chi connectivity index (χ1) is 17.0. The minimum atomic E-state index is -0.294. The zero-order valence-electron chi connectivity index (χ0n) is 20.4. The molecular weight excluding hydrogens is 505 g/mol. The fraction of sp³-hybridized carbons (Fsp3) is 0.400. The fourth-order valence-electron chi connectivity index (χ4n) is 3.59. The largest absolute Gasteiger partial charge is 0.444 e. The van der Waals surface area contributed by atoms with Gasteiger partial charge in [0.1, 0.15) is 12.1 Å². The van der Waals surface area contributed by atoms with Crippen LogP contribution in [-0.2, 0) is 0 Å².